The number of anilines is 3. The standard InChI is InChI=1S/C17H17N5O/c23-14-6-4-13(5-7-14)8-10-19-16-11-17(21-12-20-16)22-15-3-1-2-9-18-15/h1-7,9,11-12,23H,8,10H2,(H2,18,19,20,21,22). The zero-order chi connectivity index (χ0) is 15.9. The molecule has 0 bridgehead atoms. The molecule has 0 spiro atoms. The highest BCUT2D eigenvalue weighted by molar-refractivity contribution is 5.55. The Hall–Kier alpha value is -3.15. The van der Waals surface area contributed by atoms with Crippen LogP contribution < -0.4 is 10.6 Å². The number of phenolic OH excluding ortho intramolecular Hbond substituents is 1. The number of aromatic hydroxyl groups is 1. The van der Waals surface area contributed by atoms with Gasteiger partial charge in [-0.2, -0.15) is 0 Å². The lowest BCUT2D eigenvalue weighted by atomic mass is 10.1. The SMILES string of the molecule is Oc1ccc(CCNc2cc(Nc3ccccn3)ncn2)cc1. The van der Waals surface area contributed by atoms with E-state index >= 15 is 0 Å². The van der Waals surface area contributed by atoms with Crippen LogP contribution in [0.4, 0.5) is 17.5 Å². The van der Waals surface area contributed by atoms with E-state index in [-0.39, 0.29) is 5.75 Å². The Morgan fingerprint density at radius 2 is 1.70 bits per heavy atom. The number of hydrogen-bond donors (Lipinski definition) is 3. The third-order valence-corrected chi connectivity index (χ3v) is 3.24. The number of pyridine rings is 1. The van der Waals surface area contributed by atoms with Crippen molar-refractivity contribution in [2.45, 2.75) is 6.42 Å². The fraction of sp³-hybridized carbons (Fsp3) is 0.118. The van der Waals surface area contributed by atoms with Crippen LogP contribution in [0, 0.1) is 0 Å². The van der Waals surface area contributed by atoms with Crippen LogP contribution in [0.25, 0.3) is 0 Å². The molecule has 0 radical (unpaired) electrons. The molecule has 0 aliphatic rings. The van der Waals surface area contributed by atoms with Crippen molar-refractivity contribution in [1.82, 2.24) is 15.0 Å². The summed E-state index contributed by atoms with van der Waals surface area (Å²) in [6.45, 7) is 0.741. The number of phenols is 1. The Balaban J connectivity index is 1.56. The maximum absolute atomic E-state index is 9.27. The summed E-state index contributed by atoms with van der Waals surface area (Å²) in [5.74, 6) is 2.45. The smallest absolute Gasteiger partial charge is 0.137 e. The molecule has 0 saturated carbocycles. The molecule has 0 aliphatic heterocycles. The number of benzene rings is 1. The van der Waals surface area contributed by atoms with Crippen LogP contribution >= 0.6 is 0 Å². The molecule has 3 N–H and O–H groups in total. The minimum Gasteiger partial charge on any atom is -0.508 e. The zero-order valence-electron chi connectivity index (χ0n) is 12.5. The predicted molar refractivity (Wildman–Crippen MR) is 89.9 cm³/mol. The van der Waals surface area contributed by atoms with Gasteiger partial charge < -0.3 is 15.7 Å². The summed E-state index contributed by atoms with van der Waals surface area (Å²) in [4.78, 5) is 12.6. The van der Waals surface area contributed by atoms with E-state index in [9.17, 15) is 5.11 Å². The summed E-state index contributed by atoms with van der Waals surface area (Å²) >= 11 is 0. The Bertz CT molecular complexity index is 746. The third kappa shape index (κ3) is 4.41. The van der Waals surface area contributed by atoms with Gasteiger partial charge in [-0.3, -0.25) is 0 Å². The Morgan fingerprint density at radius 1 is 0.870 bits per heavy atom. The molecule has 2 aromatic heterocycles. The second-order valence-electron chi connectivity index (χ2n) is 4.97. The first-order chi connectivity index (χ1) is 11.3. The highest BCUT2D eigenvalue weighted by Crippen LogP contribution is 2.14. The molecule has 2 heterocycles. The van der Waals surface area contributed by atoms with Crippen molar-refractivity contribution in [2.24, 2.45) is 0 Å². The topological polar surface area (TPSA) is 83.0 Å². The van der Waals surface area contributed by atoms with E-state index in [2.05, 4.69) is 25.6 Å². The average molecular weight is 307 g/mol. The van der Waals surface area contributed by atoms with Crippen LogP contribution in [0.2, 0.25) is 0 Å². The number of aromatic nitrogens is 3. The second-order valence-corrected chi connectivity index (χ2v) is 4.97. The molecule has 6 nitrogen and oxygen atoms in total. The molecule has 0 amide bonds. The Morgan fingerprint density at radius 3 is 2.48 bits per heavy atom. The molecule has 23 heavy (non-hydrogen) atoms. The van der Waals surface area contributed by atoms with Gasteiger partial charge in [-0.25, -0.2) is 15.0 Å². The molecule has 0 aliphatic carbocycles. The van der Waals surface area contributed by atoms with Gasteiger partial charge in [-0.05, 0) is 36.2 Å². The summed E-state index contributed by atoms with van der Waals surface area (Å²) in [6, 6.07) is 14.7. The van der Waals surface area contributed by atoms with Crippen LogP contribution in [0.15, 0.2) is 61.1 Å². The van der Waals surface area contributed by atoms with E-state index in [0.29, 0.717) is 5.82 Å². The summed E-state index contributed by atoms with van der Waals surface area (Å²) in [5.41, 5.74) is 1.15. The maximum Gasteiger partial charge on any atom is 0.137 e. The zero-order valence-corrected chi connectivity index (χ0v) is 12.5. The number of nitrogens with one attached hydrogen (secondary N) is 2. The van der Waals surface area contributed by atoms with Gasteiger partial charge in [0.1, 0.15) is 29.5 Å². The normalized spacial score (nSPS) is 10.3. The lowest BCUT2D eigenvalue weighted by Crippen LogP contribution is -2.07. The van der Waals surface area contributed by atoms with Crippen LogP contribution in [0.5, 0.6) is 5.75 Å². The average Bonchev–Trinajstić information content (AvgIpc) is 2.58. The van der Waals surface area contributed by atoms with Gasteiger partial charge in [0, 0.05) is 18.8 Å². The van der Waals surface area contributed by atoms with Gasteiger partial charge in [0.2, 0.25) is 0 Å². The number of hydrogen-bond acceptors (Lipinski definition) is 6. The fourth-order valence-corrected chi connectivity index (χ4v) is 2.09. The minimum absolute atomic E-state index is 0.280. The van der Waals surface area contributed by atoms with Gasteiger partial charge in [0.15, 0.2) is 0 Å². The van der Waals surface area contributed by atoms with Gasteiger partial charge in [0.05, 0.1) is 0 Å². The highest BCUT2D eigenvalue weighted by atomic mass is 16.3. The van der Waals surface area contributed by atoms with E-state index in [1.165, 1.54) is 6.33 Å². The van der Waals surface area contributed by atoms with Crippen molar-refractivity contribution < 1.29 is 5.11 Å². The largest absolute Gasteiger partial charge is 0.508 e. The van der Waals surface area contributed by atoms with Gasteiger partial charge in [-0.15, -0.1) is 0 Å². The van der Waals surface area contributed by atoms with E-state index in [1.807, 2.05) is 36.4 Å². The molecule has 1 aromatic carbocycles. The van der Waals surface area contributed by atoms with E-state index in [0.717, 1.165) is 30.2 Å². The summed E-state index contributed by atoms with van der Waals surface area (Å²) in [7, 11) is 0. The first kappa shape index (κ1) is 14.8. The molecule has 3 aromatic rings. The maximum atomic E-state index is 9.27. The Kier molecular flexibility index (Phi) is 4.63. The molecule has 6 heteroatoms. The van der Waals surface area contributed by atoms with E-state index in [1.54, 1.807) is 18.3 Å². The quantitative estimate of drug-likeness (QED) is 0.649. The summed E-state index contributed by atoms with van der Waals surface area (Å²) in [6.07, 6.45) is 4.07. The predicted octanol–water partition coefficient (Wildman–Crippen LogP) is 2.98. The molecule has 3 rings (SSSR count). The van der Waals surface area contributed by atoms with E-state index < -0.39 is 0 Å². The Labute approximate surface area is 134 Å². The lowest BCUT2D eigenvalue weighted by Gasteiger charge is -2.08. The van der Waals surface area contributed by atoms with E-state index in [4.69, 9.17) is 0 Å². The van der Waals surface area contributed by atoms with Crippen molar-refractivity contribution in [3.8, 4) is 5.75 Å². The first-order valence-electron chi connectivity index (χ1n) is 7.31. The van der Waals surface area contributed by atoms with Crippen molar-refractivity contribution in [2.75, 3.05) is 17.2 Å². The fourth-order valence-electron chi connectivity index (χ4n) is 2.09. The molecule has 116 valence electrons. The molecule has 0 atom stereocenters. The minimum atomic E-state index is 0.280. The summed E-state index contributed by atoms with van der Waals surface area (Å²) < 4.78 is 0. The first-order valence-corrected chi connectivity index (χ1v) is 7.31. The monoisotopic (exact) mass is 307 g/mol. The highest BCUT2D eigenvalue weighted by Gasteiger charge is 2.00. The van der Waals surface area contributed by atoms with Crippen LogP contribution in [-0.4, -0.2) is 26.6 Å². The van der Waals surface area contributed by atoms with Crippen molar-refractivity contribution in [1.29, 1.82) is 0 Å². The second kappa shape index (κ2) is 7.22. The molecular formula is C17H17N5O. The summed E-state index contributed by atoms with van der Waals surface area (Å²) in [5, 5.41) is 15.7. The molecular weight excluding hydrogens is 290 g/mol. The lowest BCUT2D eigenvalue weighted by molar-refractivity contribution is 0.475. The van der Waals surface area contributed by atoms with Crippen LogP contribution in [0.1, 0.15) is 5.56 Å². The van der Waals surface area contributed by atoms with Crippen molar-refractivity contribution in [3.05, 3.63) is 66.6 Å². The van der Waals surface area contributed by atoms with Gasteiger partial charge in [-0.1, -0.05) is 18.2 Å². The van der Waals surface area contributed by atoms with Crippen LogP contribution in [0.3, 0.4) is 0 Å². The molecule has 0 fully saturated rings. The molecule has 0 saturated heterocycles. The van der Waals surface area contributed by atoms with Gasteiger partial charge >= 0.3 is 0 Å². The van der Waals surface area contributed by atoms with Gasteiger partial charge in [0.25, 0.3) is 0 Å². The van der Waals surface area contributed by atoms with Crippen LogP contribution in [-0.2, 0) is 6.42 Å². The number of rotatable bonds is 6. The van der Waals surface area contributed by atoms with Crippen molar-refractivity contribution >= 4 is 17.5 Å². The third-order valence-electron chi connectivity index (χ3n) is 3.24. The molecule has 0 unspecified atom stereocenters. The number of nitrogens with zero attached hydrogens (tertiary/aromatic N) is 3. The van der Waals surface area contributed by atoms with Crippen molar-refractivity contribution in [3.63, 3.8) is 0 Å².